The number of esters is 1. The summed E-state index contributed by atoms with van der Waals surface area (Å²) in [6.07, 6.45) is -4.97. The molecule has 0 aliphatic rings. The van der Waals surface area contributed by atoms with E-state index >= 15 is 0 Å². The molecule has 0 aliphatic carbocycles. The lowest BCUT2D eigenvalue weighted by Gasteiger charge is -2.14. The molecule has 0 saturated heterocycles. The van der Waals surface area contributed by atoms with Gasteiger partial charge in [0, 0.05) is 5.56 Å². The lowest BCUT2D eigenvalue weighted by molar-refractivity contribution is -0.0886. The number of alkyl halides is 3. The van der Waals surface area contributed by atoms with Crippen molar-refractivity contribution < 1.29 is 27.5 Å². The van der Waals surface area contributed by atoms with Crippen LogP contribution in [-0.4, -0.2) is 25.0 Å². The van der Waals surface area contributed by atoms with Crippen LogP contribution in [0, 0.1) is 0 Å². The lowest BCUT2D eigenvalue weighted by atomic mass is 9.92. The van der Waals surface area contributed by atoms with Crippen LogP contribution in [0.15, 0.2) is 18.2 Å². The maximum Gasteiger partial charge on any atom is 0.454 e. The van der Waals surface area contributed by atoms with E-state index in [1.165, 1.54) is 12.1 Å². The van der Waals surface area contributed by atoms with E-state index in [4.69, 9.17) is 0 Å². The van der Waals surface area contributed by atoms with Crippen molar-refractivity contribution in [1.82, 2.24) is 0 Å². The molecule has 0 radical (unpaired) electrons. The normalized spacial score (nSPS) is 11.5. The van der Waals surface area contributed by atoms with Gasteiger partial charge < -0.3 is 4.74 Å². The number of hydrogen-bond acceptors (Lipinski definition) is 3. The minimum Gasteiger partial charge on any atom is -0.465 e. The molecule has 0 aliphatic heterocycles. The van der Waals surface area contributed by atoms with Gasteiger partial charge in [0.15, 0.2) is 0 Å². The lowest BCUT2D eigenvalue weighted by Crippen LogP contribution is -2.24. The van der Waals surface area contributed by atoms with Crippen LogP contribution in [0.1, 0.15) is 46.0 Å². The van der Waals surface area contributed by atoms with Crippen molar-refractivity contribution in [1.29, 1.82) is 0 Å². The van der Waals surface area contributed by atoms with E-state index in [0.717, 1.165) is 13.2 Å². The van der Waals surface area contributed by atoms with E-state index < -0.39 is 23.5 Å². The Labute approximate surface area is 108 Å². The highest BCUT2D eigenvalue weighted by atomic mass is 19.4. The van der Waals surface area contributed by atoms with Crippen LogP contribution in [-0.2, 0) is 4.74 Å². The maximum absolute atomic E-state index is 12.5. The summed E-state index contributed by atoms with van der Waals surface area (Å²) in [6.45, 7) is 3.33. The van der Waals surface area contributed by atoms with Crippen LogP contribution in [0.25, 0.3) is 0 Å². The van der Waals surface area contributed by atoms with Crippen molar-refractivity contribution in [3.8, 4) is 0 Å². The molecule has 0 unspecified atom stereocenters. The quantitative estimate of drug-likeness (QED) is 0.627. The number of rotatable bonds is 3. The highest BCUT2D eigenvalue weighted by Gasteiger charge is 2.40. The number of ketones is 1. The van der Waals surface area contributed by atoms with Crippen molar-refractivity contribution in [2.24, 2.45) is 0 Å². The smallest absolute Gasteiger partial charge is 0.454 e. The van der Waals surface area contributed by atoms with Gasteiger partial charge in [-0.15, -0.1) is 0 Å². The van der Waals surface area contributed by atoms with Gasteiger partial charge in [-0.3, -0.25) is 4.79 Å². The fourth-order valence-electron chi connectivity index (χ4n) is 1.65. The molecule has 0 fully saturated rings. The Morgan fingerprint density at radius 2 is 1.79 bits per heavy atom. The number of hydrogen-bond donors (Lipinski definition) is 0. The minimum atomic E-state index is -4.97. The zero-order chi connectivity index (χ0) is 14.8. The van der Waals surface area contributed by atoms with Gasteiger partial charge in [-0.05, 0) is 23.6 Å². The second-order valence-corrected chi connectivity index (χ2v) is 4.28. The molecular weight excluding hydrogens is 261 g/mol. The largest absolute Gasteiger partial charge is 0.465 e. The molecule has 0 heterocycles. The molecule has 0 aromatic heterocycles. The molecule has 19 heavy (non-hydrogen) atoms. The first-order valence-electron chi connectivity index (χ1n) is 5.52. The van der Waals surface area contributed by atoms with Crippen LogP contribution in [0.4, 0.5) is 13.2 Å². The molecule has 0 spiro atoms. The van der Waals surface area contributed by atoms with Gasteiger partial charge in [0.25, 0.3) is 5.78 Å². The van der Waals surface area contributed by atoms with E-state index in [2.05, 4.69) is 4.74 Å². The van der Waals surface area contributed by atoms with Crippen LogP contribution in [0.5, 0.6) is 0 Å². The average molecular weight is 274 g/mol. The Kier molecular flexibility index (Phi) is 4.34. The van der Waals surface area contributed by atoms with Crippen molar-refractivity contribution in [3.63, 3.8) is 0 Å². The molecule has 0 amide bonds. The number of carbonyl (C=O) groups is 2. The summed E-state index contributed by atoms with van der Waals surface area (Å²) in [5.41, 5.74) is -0.347. The molecule has 1 rings (SSSR count). The monoisotopic (exact) mass is 274 g/mol. The summed E-state index contributed by atoms with van der Waals surface area (Å²) in [5.74, 6) is -3.01. The summed E-state index contributed by atoms with van der Waals surface area (Å²) < 4.78 is 42.0. The fraction of sp³-hybridized carbons (Fsp3) is 0.385. The second kappa shape index (κ2) is 5.42. The van der Waals surface area contributed by atoms with Crippen molar-refractivity contribution in [2.75, 3.05) is 7.11 Å². The first kappa shape index (κ1) is 15.2. The topological polar surface area (TPSA) is 43.4 Å². The Bertz CT molecular complexity index is 504. The second-order valence-electron chi connectivity index (χ2n) is 4.28. The number of carbonyl (C=O) groups excluding carboxylic acids is 2. The van der Waals surface area contributed by atoms with Gasteiger partial charge in [0.2, 0.25) is 0 Å². The van der Waals surface area contributed by atoms with Gasteiger partial charge in [0.05, 0.1) is 12.7 Å². The van der Waals surface area contributed by atoms with Gasteiger partial charge in [-0.1, -0.05) is 19.9 Å². The highest BCUT2D eigenvalue weighted by Crippen LogP contribution is 2.28. The number of ether oxygens (including phenoxy) is 1. The average Bonchev–Trinajstić information content (AvgIpc) is 2.34. The van der Waals surface area contributed by atoms with Crippen molar-refractivity contribution in [3.05, 3.63) is 34.9 Å². The summed E-state index contributed by atoms with van der Waals surface area (Å²) in [6, 6.07) is 3.61. The first-order valence-corrected chi connectivity index (χ1v) is 5.52. The van der Waals surface area contributed by atoms with Crippen molar-refractivity contribution >= 4 is 11.8 Å². The molecular formula is C13H13F3O3. The van der Waals surface area contributed by atoms with Gasteiger partial charge in [-0.2, -0.15) is 13.2 Å². The van der Waals surface area contributed by atoms with Gasteiger partial charge >= 0.3 is 12.1 Å². The van der Waals surface area contributed by atoms with Gasteiger partial charge in [0.1, 0.15) is 0 Å². The Balaban J connectivity index is 3.40. The number of Topliss-reactive ketones (excluding diaryl/α,β-unsaturated/α-hetero) is 1. The molecule has 0 saturated carbocycles. The van der Waals surface area contributed by atoms with E-state index in [-0.39, 0.29) is 17.0 Å². The fourth-order valence-corrected chi connectivity index (χ4v) is 1.65. The Morgan fingerprint density at radius 1 is 1.21 bits per heavy atom. The third-order valence-electron chi connectivity index (χ3n) is 2.60. The van der Waals surface area contributed by atoms with Crippen LogP contribution >= 0.6 is 0 Å². The van der Waals surface area contributed by atoms with Crippen LogP contribution in [0.2, 0.25) is 0 Å². The van der Waals surface area contributed by atoms with E-state index in [9.17, 15) is 22.8 Å². The predicted molar refractivity (Wildman–Crippen MR) is 62.3 cm³/mol. The van der Waals surface area contributed by atoms with E-state index in [0.29, 0.717) is 0 Å². The zero-order valence-corrected chi connectivity index (χ0v) is 10.7. The molecule has 0 bridgehead atoms. The first-order chi connectivity index (χ1) is 8.68. The van der Waals surface area contributed by atoms with Crippen molar-refractivity contribution in [2.45, 2.75) is 25.9 Å². The highest BCUT2D eigenvalue weighted by molar-refractivity contribution is 6.03. The molecule has 1 aromatic carbocycles. The van der Waals surface area contributed by atoms with Gasteiger partial charge in [-0.25, -0.2) is 4.79 Å². The van der Waals surface area contributed by atoms with E-state index in [1.807, 2.05) is 0 Å². The molecule has 3 nitrogen and oxygen atoms in total. The standard InChI is InChI=1S/C13H13F3O3/c1-7(2)9-5-4-8(12(18)19-3)6-10(9)11(17)13(14,15)16/h4-7H,1-3H3. The summed E-state index contributed by atoms with van der Waals surface area (Å²) in [5, 5.41) is 0. The van der Waals surface area contributed by atoms with Crippen LogP contribution < -0.4 is 0 Å². The SMILES string of the molecule is COC(=O)c1ccc(C(C)C)c(C(=O)C(F)(F)F)c1. The predicted octanol–water partition coefficient (Wildman–Crippen LogP) is 3.34. The maximum atomic E-state index is 12.5. The number of halogens is 3. The third-order valence-corrected chi connectivity index (χ3v) is 2.60. The molecule has 1 aromatic rings. The summed E-state index contributed by atoms with van der Waals surface area (Å²) in [7, 11) is 1.12. The Hall–Kier alpha value is -1.85. The van der Waals surface area contributed by atoms with E-state index in [1.54, 1.807) is 13.8 Å². The third kappa shape index (κ3) is 3.33. The number of methoxy groups -OCH3 is 1. The molecule has 0 N–H and O–H groups in total. The Morgan fingerprint density at radius 3 is 2.21 bits per heavy atom. The minimum absolute atomic E-state index is 0.0838. The molecule has 6 heteroatoms. The molecule has 104 valence electrons. The molecule has 0 atom stereocenters. The summed E-state index contributed by atoms with van der Waals surface area (Å²) >= 11 is 0. The van der Waals surface area contributed by atoms with Crippen LogP contribution in [0.3, 0.4) is 0 Å². The number of benzene rings is 1. The summed E-state index contributed by atoms with van der Waals surface area (Å²) in [4.78, 5) is 22.7. The zero-order valence-electron chi connectivity index (χ0n) is 10.7.